The number of furan rings is 1. The number of nitrogens with zero attached hydrogens (tertiary/aromatic N) is 3. The average Bonchev–Trinajstić information content (AvgIpc) is 3.16. The minimum atomic E-state index is -4.39. The van der Waals surface area contributed by atoms with Gasteiger partial charge < -0.3 is 9.32 Å². The summed E-state index contributed by atoms with van der Waals surface area (Å²) < 4.78 is 33.2. The first-order valence-corrected chi connectivity index (χ1v) is 10.5. The molecule has 10 nitrogen and oxygen atoms in total. The standard InChI is InChI=1S/C20H16N4O6S/c1-23(2)13-6-5-12-10-17(30-16(12)11-13)20(25)22-31(28,29)18-8-7-15(24(26)27)14-4-3-9-21-19(14)18/h3-11H,1-2H3,(H,22,25). The molecule has 4 aromatic rings. The van der Waals surface area contributed by atoms with E-state index in [1.165, 1.54) is 24.4 Å². The maximum Gasteiger partial charge on any atom is 0.300 e. The smallest absolute Gasteiger partial charge is 0.300 e. The highest BCUT2D eigenvalue weighted by Gasteiger charge is 2.26. The minimum Gasteiger partial charge on any atom is -0.451 e. The lowest BCUT2D eigenvalue weighted by Crippen LogP contribution is -2.30. The lowest BCUT2D eigenvalue weighted by molar-refractivity contribution is -0.383. The first-order chi connectivity index (χ1) is 14.7. The van der Waals surface area contributed by atoms with Crippen molar-refractivity contribution >= 4 is 49.2 Å². The number of carbonyl (C=O) groups is 1. The molecule has 0 aliphatic carbocycles. The molecule has 0 bridgehead atoms. The number of carbonyl (C=O) groups excluding carboxylic acids is 1. The van der Waals surface area contributed by atoms with Gasteiger partial charge in [0, 0.05) is 43.5 Å². The predicted molar refractivity (Wildman–Crippen MR) is 114 cm³/mol. The van der Waals surface area contributed by atoms with Crippen molar-refractivity contribution < 1.29 is 22.6 Å². The molecular weight excluding hydrogens is 424 g/mol. The van der Waals surface area contributed by atoms with E-state index in [9.17, 15) is 23.3 Å². The molecule has 4 rings (SSSR count). The van der Waals surface area contributed by atoms with Gasteiger partial charge in [-0.2, -0.15) is 0 Å². The Balaban J connectivity index is 1.71. The number of nitro benzene ring substituents is 1. The highest BCUT2D eigenvalue weighted by atomic mass is 32.2. The molecule has 1 amide bonds. The summed E-state index contributed by atoms with van der Waals surface area (Å²) >= 11 is 0. The molecule has 158 valence electrons. The third-order valence-corrected chi connectivity index (χ3v) is 6.03. The van der Waals surface area contributed by atoms with E-state index in [0.717, 1.165) is 17.8 Å². The Kier molecular flexibility index (Phi) is 4.82. The fraction of sp³-hybridized carbons (Fsp3) is 0.100. The SMILES string of the molecule is CN(C)c1ccc2cc(C(=O)NS(=O)(=O)c3ccc([N+](=O)[O-])c4cccnc34)oc2c1. The highest BCUT2D eigenvalue weighted by molar-refractivity contribution is 7.90. The van der Waals surface area contributed by atoms with Crippen LogP contribution >= 0.6 is 0 Å². The van der Waals surface area contributed by atoms with E-state index in [2.05, 4.69) is 4.98 Å². The van der Waals surface area contributed by atoms with Crippen molar-refractivity contribution in [3.05, 3.63) is 70.6 Å². The van der Waals surface area contributed by atoms with E-state index >= 15 is 0 Å². The fourth-order valence-corrected chi connectivity index (χ4v) is 4.26. The van der Waals surface area contributed by atoms with E-state index < -0.39 is 20.9 Å². The molecule has 0 aliphatic rings. The third-order valence-electron chi connectivity index (χ3n) is 4.67. The fourth-order valence-electron chi connectivity index (χ4n) is 3.14. The number of aromatic nitrogens is 1. The molecule has 0 saturated heterocycles. The number of non-ortho nitro benzene ring substituents is 1. The van der Waals surface area contributed by atoms with Crippen LogP contribution in [-0.4, -0.2) is 38.3 Å². The van der Waals surface area contributed by atoms with E-state index in [-0.39, 0.29) is 27.2 Å². The van der Waals surface area contributed by atoms with Crippen LogP contribution in [0.4, 0.5) is 11.4 Å². The van der Waals surface area contributed by atoms with Crippen LogP contribution in [-0.2, 0) is 10.0 Å². The molecule has 2 aromatic heterocycles. The molecule has 1 N–H and O–H groups in total. The van der Waals surface area contributed by atoms with Crippen LogP contribution in [0, 0.1) is 10.1 Å². The van der Waals surface area contributed by atoms with Crippen LogP contribution in [0.5, 0.6) is 0 Å². The van der Waals surface area contributed by atoms with Crippen LogP contribution in [0.15, 0.2) is 64.0 Å². The molecule has 2 heterocycles. The van der Waals surface area contributed by atoms with Crippen molar-refractivity contribution in [2.45, 2.75) is 4.90 Å². The average molecular weight is 440 g/mol. The Morgan fingerprint density at radius 2 is 1.94 bits per heavy atom. The number of nitrogens with one attached hydrogen (secondary N) is 1. The second-order valence-electron chi connectivity index (χ2n) is 6.90. The predicted octanol–water partition coefficient (Wildman–Crippen LogP) is 3.07. The van der Waals surface area contributed by atoms with Crippen molar-refractivity contribution in [1.29, 1.82) is 0 Å². The van der Waals surface area contributed by atoms with Crippen molar-refractivity contribution in [2.24, 2.45) is 0 Å². The summed E-state index contributed by atoms with van der Waals surface area (Å²) in [5.41, 5.74) is 0.876. The second kappa shape index (κ2) is 7.36. The zero-order chi connectivity index (χ0) is 22.3. The van der Waals surface area contributed by atoms with Crippen LogP contribution in [0.2, 0.25) is 0 Å². The lowest BCUT2D eigenvalue weighted by atomic mass is 10.2. The Morgan fingerprint density at radius 1 is 1.16 bits per heavy atom. The number of benzene rings is 2. The Morgan fingerprint density at radius 3 is 2.65 bits per heavy atom. The molecule has 0 radical (unpaired) electrons. The zero-order valence-electron chi connectivity index (χ0n) is 16.4. The van der Waals surface area contributed by atoms with Gasteiger partial charge in [-0.3, -0.25) is 19.9 Å². The molecule has 31 heavy (non-hydrogen) atoms. The maximum absolute atomic E-state index is 12.9. The molecular formula is C20H16N4O6S. The number of fused-ring (bicyclic) bond motifs is 2. The van der Waals surface area contributed by atoms with E-state index in [1.807, 2.05) is 29.8 Å². The second-order valence-corrected chi connectivity index (χ2v) is 8.55. The largest absolute Gasteiger partial charge is 0.451 e. The lowest BCUT2D eigenvalue weighted by Gasteiger charge is -2.11. The number of rotatable bonds is 5. The first-order valence-electron chi connectivity index (χ1n) is 8.97. The summed E-state index contributed by atoms with van der Waals surface area (Å²) in [6.45, 7) is 0. The quantitative estimate of drug-likeness (QED) is 0.369. The summed E-state index contributed by atoms with van der Waals surface area (Å²) in [6, 6.07) is 11.7. The topological polar surface area (TPSA) is 136 Å². The van der Waals surface area contributed by atoms with E-state index in [1.54, 1.807) is 12.1 Å². The summed E-state index contributed by atoms with van der Waals surface area (Å²) in [5, 5.41) is 11.9. The monoisotopic (exact) mass is 440 g/mol. The van der Waals surface area contributed by atoms with Gasteiger partial charge in [0.25, 0.3) is 15.7 Å². The molecule has 2 aromatic carbocycles. The van der Waals surface area contributed by atoms with Crippen molar-refractivity contribution in [2.75, 3.05) is 19.0 Å². The molecule has 11 heteroatoms. The van der Waals surface area contributed by atoms with Gasteiger partial charge in [-0.25, -0.2) is 13.1 Å². The Labute approximate surface area is 176 Å². The van der Waals surface area contributed by atoms with Gasteiger partial charge in [0.05, 0.1) is 15.8 Å². The normalized spacial score (nSPS) is 11.5. The number of sulfonamides is 1. The summed E-state index contributed by atoms with van der Waals surface area (Å²) in [5.74, 6) is -1.15. The van der Waals surface area contributed by atoms with Gasteiger partial charge in [0.15, 0.2) is 5.76 Å². The van der Waals surface area contributed by atoms with Crippen LogP contribution in [0.25, 0.3) is 21.9 Å². The highest BCUT2D eigenvalue weighted by Crippen LogP contribution is 2.29. The molecule has 0 fully saturated rings. The summed E-state index contributed by atoms with van der Waals surface area (Å²) in [6.07, 6.45) is 1.31. The van der Waals surface area contributed by atoms with Crippen molar-refractivity contribution in [3.8, 4) is 0 Å². The maximum atomic E-state index is 12.9. The molecule has 0 spiro atoms. The van der Waals surface area contributed by atoms with Crippen LogP contribution in [0.1, 0.15) is 10.6 Å². The van der Waals surface area contributed by atoms with Gasteiger partial charge in [-0.1, -0.05) is 0 Å². The number of hydrogen-bond acceptors (Lipinski definition) is 8. The first kappa shape index (κ1) is 20.3. The minimum absolute atomic E-state index is 0.0442. The Hall–Kier alpha value is -3.99. The third kappa shape index (κ3) is 3.66. The van der Waals surface area contributed by atoms with Crippen molar-refractivity contribution in [1.82, 2.24) is 9.71 Å². The summed E-state index contributed by atoms with van der Waals surface area (Å²) in [4.78, 5) is 28.7. The number of nitro groups is 1. The van der Waals surface area contributed by atoms with Crippen LogP contribution in [0.3, 0.4) is 0 Å². The van der Waals surface area contributed by atoms with Gasteiger partial charge >= 0.3 is 5.91 Å². The van der Waals surface area contributed by atoms with Crippen molar-refractivity contribution in [3.63, 3.8) is 0 Å². The number of anilines is 1. The number of pyridine rings is 1. The number of hydrogen-bond donors (Lipinski definition) is 1. The molecule has 0 atom stereocenters. The molecule has 0 unspecified atom stereocenters. The number of amides is 1. The van der Waals surface area contributed by atoms with Gasteiger partial charge in [0.2, 0.25) is 0 Å². The van der Waals surface area contributed by atoms with Gasteiger partial charge in [-0.15, -0.1) is 0 Å². The van der Waals surface area contributed by atoms with E-state index in [4.69, 9.17) is 4.42 Å². The summed E-state index contributed by atoms with van der Waals surface area (Å²) in [7, 11) is -0.681. The Bertz CT molecular complexity index is 1460. The van der Waals surface area contributed by atoms with E-state index in [0.29, 0.717) is 11.0 Å². The van der Waals surface area contributed by atoms with Gasteiger partial charge in [0.1, 0.15) is 10.5 Å². The van der Waals surface area contributed by atoms with Crippen LogP contribution < -0.4 is 9.62 Å². The van der Waals surface area contributed by atoms with Gasteiger partial charge in [-0.05, 0) is 36.4 Å². The zero-order valence-corrected chi connectivity index (χ0v) is 17.2. The molecule has 0 saturated carbocycles. The molecule has 0 aliphatic heterocycles.